The largest absolute Gasteiger partial charge is 0.309 e. The Morgan fingerprint density at radius 3 is 2.94 bits per heavy atom. The Labute approximate surface area is 103 Å². The minimum atomic E-state index is 0.513. The van der Waals surface area contributed by atoms with Gasteiger partial charge in [-0.05, 0) is 63.8 Å². The average molecular weight is 238 g/mol. The fraction of sp³-hybridized carbons (Fsp3) is 0.692. The Bertz CT molecular complexity index is 278. The summed E-state index contributed by atoms with van der Waals surface area (Å²) in [5.41, 5.74) is 0. The molecule has 0 bridgehead atoms. The van der Waals surface area contributed by atoms with Gasteiger partial charge in [0.05, 0.1) is 0 Å². The van der Waals surface area contributed by atoms with Crippen LogP contribution in [0, 0.1) is 0 Å². The maximum atomic E-state index is 3.59. The fourth-order valence-corrected chi connectivity index (χ4v) is 3.02. The molecule has 1 saturated heterocycles. The topological polar surface area (TPSA) is 15.3 Å². The van der Waals surface area contributed by atoms with Crippen LogP contribution in [0.3, 0.4) is 0 Å². The molecule has 1 N–H and O–H groups in total. The van der Waals surface area contributed by atoms with Crippen molar-refractivity contribution in [3.8, 4) is 0 Å². The van der Waals surface area contributed by atoms with Crippen LogP contribution in [0.25, 0.3) is 0 Å². The van der Waals surface area contributed by atoms with Crippen LogP contribution in [0.5, 0.6) is 0 Å². The Balaban J connectivity index is 1.57. The summed E-state index contributed by atoms with van der Waals surface area (Å²) < 4.78 is 0. The third kappa shape index (κ3) is 3.58. The average Bonchev–Trinajstić information content (AvgIpc) is 2.96. The Morgan fingerprint density at radius 2 is 2.25 bits per heavy atom. The van der Waals surface area contributed by atoms with Crippen molar-refractivity contribution in [3.05, 3.63) is 22.4 Å². The summed E-state index contributed by atoms with van der Waals surface area (Å²) in [4.78, 5) is 4.03. The van der Waals surface area contributed by atoms with E-state index in [4.69, 9.17) is 0 Å². The van der Waals surface area contributed by atoms with Crippen molar-refractivity contribution in [3.63, 3.8) is 0 Å². The van der Waals surface area contributed by atoms with Crippen LogP contribution in [-0.4, -0.2) is 31.1 Å². The predicted octanol–water partition coefficient (Wildman–Crippen LogP) is 2.88. The standard InChI is InChI=1S/C13H22N2S/c1-12(13-6-4-11-16-13)14-7-5-10-15-8-2-3-9-15/h4,6,11-12,14H,2-3,5,7-10H2,1H3/t12-/m0/s1. The molecule has 1 fully saturated rings. The van der Waals surface area contributed by atoms with Gasteiger partial charge in [0, 0.05) is 10.9 Å². The molecule has 1 atom stereocenters. The van der Waals surface area contributed by atoms with Crippen molar-refractivity contribution in [2.75, 3.05) is 26.2 Å². The van der Waals surface area contributed by atoms with Gasteiger partial charge in [0.25, 0.3) is 0 Å². The summed E-state index contributed by atoms with van der Waals surface area (Å²) in [6.45, 7) is 7.29. The zero-order valence-corrected chi connectivity index (χ0v) is 10.9. The molecule has 2 nitrogen and oxygen atoms in total. The summed E-state index contributed by atoms with van der Waals surface area (Å²) in [5.74, 6) is 0. The number of likely N-dealkylation sites (tertiary alicyclic amines) is 1. The quantitative estimate of drug-likeness (QED) is 0.767. The van der Waals surface area contributed by atoms with Gasteiger partial charge in [0.1, 0.15) is 0 Å². The highest BCUT2D eigenvalue weighted by Gasteiger charge is 2.10. The summed E-state index contributed by atoms with van der Waals surface area (Å²) in [7, 11) is 0. The monoisotopic (exact) mass is 238 g/mol. The zero-order valence-electron chi connectivity index (χ0n) is 10.1. The molecule has 0 aliphatic carbocycles. The van der Waals surface area contributed by atoms with Crippen LogP contribution >= 0.6 is 11.3 Å². The first-order valence-corrected chi connectivity index (χ1v) is 7.23. The third-order valence-corrected chi connectivity index (χ3v) is 4.33. The van der Waals surface area contributed by atoms with E-state index in [0.717, 1.165) is 6.54 Å². The smallest absolute Gasteiger partial charge is 0.0386 e. The lowest BCUT2D eigenvalue weighted by molar-refractivity contribution is 0.328. The maximum Gasteiger partial charge on any atom is 0.0386 e. The van der Waals surface area contributed by atoms with E-state index < -0.39 is 0 Å². The number of rotatable bonds is 6. The van der Waals surface area contributed by atoms with Crippen molar-refractivity contribution in [1.29, 1.82) is 0 Å². The molecule has 0 aromatic carbocycles. The summed E-state index contributed by atoms with van der Waals surface area (Å²) in [5, 5.41) is 5.74. The van der Waals surface area contributed by atoms with E-state index >= 15 is 0 Å². The van der Waals surface area contributed by atoms with Crippen LogP contribution in [0.1, 0.15) is 37.1 Å². The van der Waals surface area contributed by atoms with Crippen LogP contribution in [-0.2, 0) is 0 Å². The van der Waals surface area contributed by atoms with Gasteiger partial charge in [-0.15, -0.1) is 11.3 Å². The minimum Gasteiger partial charge on any atom is -0.309 e. The molecule has 0 radical (unpaired) electrons. The molecule has 0 amide bonds. The molecule has 1 aromatic heterocycles. The van der Waals surface area contributed by atoms with E-state index in [0.29, 0.717) is 6.04 Å². The summed E-state index contributed by atoms with van der Waals surface area (Å²) >= 11 is 1.84. The van der Waals surface area contributed by atoms with E-state index in [1.807, 2.05) is 11.3 Å². The van der Waals surface area contributed by atoms with Gasteiger partial charge in [0.15, 0.2) is 0 Å². The minimum absolute atomic E-state index is 0.513. The lowest BCUT2D eigenvalue weighted by Gasteiger charge is -2.16. The second-order valence-electron chi connectivity index (χ2n) is 4.59. The zero-order chi connectivity index (χ0) is 11.2. The molecular weight excluding hydrogens is 216 g/mol. The SMILES string of the molecule is C[C@H](NCCCN1CCCC1)c1cccs1. The van der Waals surface area contributed by atoms with Crippen LogP contribution < -0.4 is 5.32 Å². The van der Waals surface area contributed by atoms with Crippen LogP contribution in [0.2, 0.25) is 0 Å². The summed E-state index contributed by atoms with van der Waals surface area (Å²) in [6.07, 6.45) is 4.08. The van der Waals surface area contributed by atoms with Crippen molar-refractivity contribution in [1.82, 2.24) is 10.2 Å². The maximum absolute atomic E-state index is 3.59. The van der Waals surface area contributed by atoms with Gasteiger partial charge in [0.2, 0.25) is 0 Å². The first kappa shape index (κ1) is 12.1. The first-order valence-electron chi connectivity index (χ1n) is 6.35. The molecule has 1 aliphatic rings. The molecule has 1 aromatic rings. The van der Waals surface area contributed by atoms with Gasteiger partial charge in [-0.25, -0.2) is 0 Å². The molecule has 3 heteroatoms. The molecule has 16 heavy (non-hydrogen) atoms. The highest BCUT2D eigenvalue weighted by Crippen LogP contribution is 2.17. The van der Waals surface area contributed by atoms with Crippen molar-refractivity contribution in [2.45, 2.75) is 32.2 Å². The van der Waals surface area contributed by atoms with Gasteiger partial charge >= 0.3 is 0 Å². The van der Waals surface area contributed by atoms with Gasteiger partial charge < -0.3 is 10.2 Å². The number of hydrogen-bond acceptors (Lipinski definition) is 3. The van der Waals surface area contributed by atoms with Crippen LogP contribution in [0.4, 0.5) is 0 Å². The highest BCUT2D eigenvalue weighted by molar-refractivity contribution is 7.10. The highest BCUT2D eigenvalue weighted by atomic mass is 32.1. The second kappa shape index (κ2) is 6.38. The predicted molar refractivity (Wildman–Crippen MR) is 71.0 cm³/mol. The van der Waals surface area contributed by atoms with E-state index in [-0.39, 0.29) is 0 Å². The third-order valence-electron chi connectivity index (χ3n) is 3.27. The molecule has 2 heterocycles. The molecule has 1 aliphatic heterocycles. The van der Waals surface area contributed by atoms with E-state index in [1.165, 1.54) is 43.8 Å². The Kier molecular flexibility index (Phi) is 4.82. The Hall–Kier alpha value is -0.380. The second-order valence-corrected chi connectivity index (χ2v) is 5.57. The summed E-state index contributed by atoms with van der Waals surface area (Å²) in [6, 6.07) is 4.85. The number of hydrogen-bond donors (Lipinski definition) is 1. The van der Waals surface area contributed by atoms with Gasteiger partial charge in [-0.2, -0.15) is 0 Å². The molecule has 0 saturated carbocycles. The fourth-order valence-electron chi connectivity index (χ4n) is 2.27. The van der Waals surface area contributed by atoms with E-state index in [9.17, 15) is 0 Å². The van der Waals surface area contributed by atoms with E-state index in [2.05, 4.69) is 34.7 Å². The lowest BCUT2D eigenvalue weighted by atomic mass is 10.2. The first-order chi connectivity index (χ1) is 7.86. The van der Waals surface area contributed by atoms with Gasteiger partial charge in [-0.3, -0.25) is 0 Å². The number of nitrogens with one attached hydrogen (secondary N) is 1. The molecular formula is C13H22N2S. The van der Waals surface area contributed by atoms with Crippen LogP contribution in [0.15, 0.2) is 17.5 Å². The molecule has 0 unspecified atom stereocenters. The van der Waals surface area contributed by atoms with Crippen molar-refractivity contribution in [2.24, 2.45) is 0 Å². The normalized spacial score (nSPS) is 19.1. The lowest BCUT2D eigenvalue weighted by Crippen LogP contribution is -2.26. The van der Waals surface area contributed by atoms with E-state index in [1.54, 1.807) is 0 Å². The molecule has 2 rings (SSSR count). The van der Waals surface area contributed by atoms with Gasteiger partial charge in [-0.1, -0.05) is 6.07 Å². The van der Waals surface area contributed by atoms with Crippen molar-refractivity contribution < 1.29 is 0 Å². The molecule has 0 spiro atoms. The number of nitrogens with zero attached hydrogens (tertiary/aromatic N) is 1. The Morgan fingerprint density at radius 1 is 1.44 bits per heavy atom. The van der Waals surface area contributed by atoms with Crippen molar-refractivity contribution >= 4 is 11.3 Å². The number of thiophene rings is 1. The molecule has 90 valence electrons.